The molecule has 0 aliphatic heterocycles. The van der Waals surface area contributed by atoms with Crippen LogP contribution in [0.15, 0.2) is 6.07 Å². The number of ether oxygens (including phenoxy) is 1. The molecule has 0 bridgehead atoms. The minimum Gasteiger partial charge on any atom is -0.505 e. The van der Waals surface area contributed by atoms with Gasteiger partial charge in [-0.2, -0.15) is 0 Å². The fourth-order valence-corrected chi connectivity index (χ4v) is 1.31. The number of carbonyl (C=O) groups excluding carboxylic acids is 1. The molecule has 1 aromatic rings. The summed E-state index contributed by atoms with van der Waals surface area (Å²) in [5.74, 6) is -0.882. The lowest BCUT2D eigenvalue weighted by atomic mass is 10.1. The van der Waals surface area contributed by atoms with E-state index in [0.29, 0.717) is 0 Å². The van der Waals surface area contributed by atoms with Gasteiger partial charge in [0.1, 0.15) is 5.56 Å². The van der Waals surface area contributed by atoms with Crippen LogP contribution in [0, 0.1) is 5.92 Å². The fourth-order valence-electron chi connectivity index (χ4n) is 1.17. The van der Waals surface area contributed by atoms with Gasteiger partial charge in [0, 0.05) is 0 Å². The van der Waals surface area contributed by atoms with Crippen molar-refractivity contribution in [1.29, 1.82) is 0 Å². The van der Waals surface area contributed by atoms with Crippen molar-refractivity contribution in [3.63, 3.8) is 0 Å². The molecule has 0 atom stereocenters. The zero-order valence-corrected chi connectivity index (χ0v) is 10.4. The Morgan fingerprint density at radius 1 is 1.53 bits per heavy atom. The molecule has 1 rings (SSSR count). The lowest BCUT2D eigenvalue weighted by Gasteiger charge is -2.11. The fraction of sp³-hybridized carbons (Fsp3) is 0.364. The van der Waals surface area contributed by atoms with Gasteiger partial charge in [0.25, 0.3) is 0 Å². The Balaban J connectivity index is 3.02. The molecular weight excluding hydrogens is 244 g/mol. The molecule has 5 N–H and O–H groups in total. The summed E-state index contributed by atoms with van der Waals surface area (Å²) in [7, 11) is 0. The normalized spacial score (nSPS) is 10.6. The smallest absolute Gasteiger partial charge is 0.342 e. The summed E-state index contributed by atoms with van der Waals surface area (Å²) in [5.41, 5.74) is 11.0. The lowest BCUT2D eigenvalue weighted by molar-refractivity contribution is 0.0456. The van der Waals surface area contributed by atoms with E-state index in [1.807, 2.05) is 13.8 Å². The molecule has 0 spiro atoms. The van der Waals surface area contributed by atoms with Crippen LogP contribution in [0.5, 0.6) is 5.75 Å². The Labute approximate surface area is 104 Å². The summed E-state index contributed by atoms with van der Waals surface area (Å²) in [4.78, 5) is 11.6. The predicted octanol–water partition coefficient (Wildman–Crippen LogP) is 2.02. The van der Waals surface area contributed by atoms with Crippen molar-refractivity contribution in [2.75, 3.05) is 18.1 Å². The van der Waals surface area contributed by atoms with E-state index in [9.17, 15) is 9.90 Å². The van der Waals surface area contributed by atoms with Gasteiger partial charge in [-0.15, -0.1) is 0 Å². The van der Waals surface area contributed by atoms with Crippen molar-refractivity contribution < 1.29 is 14.6 Å². The van der Waals surface area contributed by atoms with Crippen LogP contribution in [-0.2, 0) is 4.74 Å². The average molecular weight is 259 g/mol. The van der Waals surface area contributed by atoms with Gasteiger partial charge in [-0.25, -0.2) is 4.79 Å². The highest BCUT2D eigenvalue weighted by Crippen LogP contribution is 2.37. The first-order chi connectivity index (χ1) is 7.84. The largest absolute Gasteiger partial charge is 0.505 e. The Kier molecular flexibility index (Phi) is 4.07. The van der Waals surface area contributed by atoms with Crippen molar-refractivity contribution in [1.82, 2.24) is 0 Å². The zero-order chi connectivity index (χ0) is 13.2. The molecule has 1 aromatic carbocycles. The maximum atomic E-state index is 11.6. The van der Waals surface area contributed by atoms with Crippen molar-refractivity contribution in [2.24, 2.45) is 5.92 Å². The molecule has 0 aliphatic rings. The number of aromatic hydroxyl groups is 1. The number of hydrogen-bond acceptors (Lipinski definition) is 5. The maximum absolute atomic E-state index is 11.6. The molecule has 5 nitrogen and oxygen atoms in total. The average Bonchev–Trinajstić information content (AvgIpc) is 2.28. The molecule has 0 unspecified atom stereocenters. The van der Waals surface area contributed by atoms with Gasteiger partial charge in [0.15, 0.2) is 5.75 Å². The summed E-state index contributed by atoms with van der Waals surface area (Å²) in [6.07, 6.45) is 0. The summed E-state index contributed by atoms with van der Waals surface area (Å²) >= 11 is 5.72. The second-order valence-electron chi connectivity index (χ2n) is 4.08. The molecule has 0 fully saturated rings. The predicted molar refractivity (Wildman–Crippen MR) is 67.1 cm³/mol. The molecule has 0 saturated carbocycles. The second kappa shape index (κ2) is 5.14. The van der Waals surface area contributed by atoms with E-state index in [1.165, 1.54) is 6.07 Å². The minimum atomic E-state index is -0.675. The summed E-state index contributed by atoms with van der Waals surface area (Å²) in [6, 6.07) is 1.25. The van der Waals surface area contributed by atoms with Crippen LogP contribution >= 0.6 is 11.6 Å². The molecule has 0 saturated heterocycles. The molecule has 0 aromatic heterocycles. The zero-order valence-electron chi connectivity index (χ0n) is 9.66. The maximum Gasteiger partial charge on any atom is 0.342 e. The third kappa shape index (κ3) is 2.94. The number of carbonyl (C=O) groups is 1. The van der Waals surface area contributed by atoms with Crippen molar-refractivity contribution in [3.8, 4) is 5.75 Å². The SMILES string of the molecule is CC(C)COC(=O)c1cc(N)c(Cl)c(N)c1O. The van der Waals surface area contributed by atoms with E-state index < -0.39 is 11.7 Å². The van der Waals surface area contributed by atoms with Gasteiger partial charge in [-0.3, -0.25) is 0 Å². The first-order valence-corrected chi connectivity index (χ1v) is 5.46. The molecule has 6 heteroatoms. The Morgan fingerprint density at radius 2 is 2.12 bits per heavy atom. The van der Waals surface area contributed by atoms with Gasteiger partial charge in [0.2, 0.25) is 0 Å². The van der Waals surface area contributed by atoms with Crippen LogP contribution < -0.4 is 11.5 Å². The van der Waals surface area contributed by atoms with E-state index >= 15 is 0 Å². The second-order valence-corrected chi connectivity index (χ2v) is 4.46. The topological polar surface area (TPSA) is 98.6 Å². The van der Waals surface area contributed by atoms with Gasteiger partial charge < -0.3 is 21.3 Å². The third-order valence-corrected chi connectivity index (χ3v) is 2.49. The molecule has 94 valence electrons. The number of phenolic OH excluding ortho intramolecular Hbond substituents is 1. The van der Waals surface area contributed by atoms with Crippen molar-refractivity contribution in [2.45, 2.75) is 13.8 Å². The number of esters is 1. The molecular formula is C11H15ClN2O3. The van der Waals surface area contributed by atoms with Crippen LogP contribution in [0.1, 0.15) is 24.2 Å². The number of rotatable bonds is 3. The number of hydrogen-bond donors (Lipinski definition) is 3. The Hall–Kier alpha value is -1.62. The number of nitrogen functional groups attached to an aromatic ring is 2. The first-order valence-electron chi connectivity index (χ1n) is 5.08. The summed E-state index contributed by atoms with van der Waals surface area (Å²) in [6.45, 7) is 4.05. The van der Waals surface area contributed by atoms with E-state index in [-0.39, 0.29) is 34.5 Å². The van der Waals surface area contributed by atoms with Crippen LogP contribution in [0.4, 0.5) is 11.4 Å². The molecule has 0 amide bonds. The lowest BCUT2D eigenvalue weighted by Crippen LogP contribution is -2.11. The summed E-state index contributed by atoms with van der Waals surface area (Å²) in [5, 5.41) is 9.70. The Bertz CT molecular complexity index is 447. The van der Waals surface area contributed by atoms with Crippen LogP contribution in [0.25, 0.3) is 0 Å². The molecule has 0 heterocycles. The van der Waals surface area contributed by atoms with Crippen LogP contribution in [-0.4, -0.2) is 17.7 Å². The molecule has 0 radical (unpaired) electrons. The van der Waals surface area contributed by atoms with Crippen molar-refractivity contribution in [3.05, 3.63) is 16.7 Å². The van der Waals surface area contributed by atoms with Crippen LogP contribution in [0.2, 0.25) is 5.02 Å². The molecule has 17 heavy (non-hydrogen) atoms. The number of anilines is 2. The number of nitrogens with two attached hydrogens (primary N) is 2. The van der Waals surface area contributed by atoms with Gasteiger partial charge in [-0.1, -0.05) is 25.4 Å². The quantitative estimate of drug-likeness (QED) is 0.333. The Morgan fingerprint density at radius 3 is 2.65 bits per heavy atom. The number of phenols is 1. The highest BCUT2D eigenvalue weighted by Gasteiger charge is 2.19. The van der Waals surface area contributed by atoms with Crippen LogP contribution in [0.3, 0.4) is 0 Å². The van der Waals surface area contributed by atoms with E-state index in [0.717, 1.165) is 0 Å². The molecule has 0 aliphatic carbocycles. The van der Waals surface area contributed by atoms with Gasteiger partial charge >= 0.3 is 5.97 Å². The monoisotopic (exact) mass is 258 g/mol. The van der Waals surface area contributed by atoms with Crippen molar-refractivity contribution >= 4 is 28.9 Å². The highest BCUT2D eigenvalue weighted by molar-refractivity contribution is 6.36. The minimum absolute atomic E-state index is 0.0305. The third-order valence-electron chi connectivity index (χ3n) is 2.07. The standard InChI is InChI=1S/C11H15ClN2O3/c1-5(2)4-17-11(16)6-3-7(13)8(12)9(14)10(6)15/h3,5,15H,4,13-14H2,1-2H3. The van der Waals surface area contributed by atoms with E-state index in [1.54, 1.807) is 0 Å². The number of halogens is 1. The van der Waals surface area contributed by atoms with E-state index in [2.05, 4.69) is 0 Å². The van der Waals surface area contributed by atoms with E-state index in [4.69, 9.17) is 27.8 Å². The number of benzene rings is 1. The summed E-state index contributed by atoms with van der Waals surface area (Å²) < 4.78 is 4.97. The first kappa shape index (κ1) is 13.4. The van der Waals surface area contributed by atoms with Gasteiger partial charge in [-0.05, 0) is 12.0 Å². The highest BCUT2D eigenvalue weighted by atomic mass is 35.5. The van der Waals surface area contributed by atoms with Gasteiger partial charge in [0.05, 0.1) is 23.0 Å².